The number of sulfonamides is 1. The molecule has 0 spiro atoms. The number of alkyl halides is 2. The van der Waals surface area contributed by atoms with Gasteiger partial charge in [0, 0.05) is 31.9 Å². The highest BCUT2D eigenvalue weighted by Crippen LogP contribution is 2.27. The molecule has 4 heterocycles. The van der Waals surface area contributed by atoms with Gasteiger partial charge in [0.05, 0.1) is 23.7 Å². The quantitative estimate of drug-likeness (QED) is 0.628. The highest BCUT2D eigenvalue weighted by atomic mass is 32.2. The largest absolute Gasteiger partial charge is 0.356 e. The molecule has 0 radical (unpaired) electrons. The molecule has 1 N–H and O–H groups in total. The molecule has 4 rings (SSSR count). The summed E-state index contributed by atoms with van der Waals surface area (Å²) in [5.74, 6) is 0.854. The van der Waals surface area contributed by atoms with Crippen molar-refractivity contribution in [2.24, 2.45) is 5.92 Å². The third kappa shape index (κ3) is 4.54. The fourth-order valence-electron chi connectivity index (χ4n) is 3.56. The van der Waals surface area contributed by atoms with E-state index in [2.05, 4.69) is 29.7 Å². The lowest BCUT2D eigenvalue weighted by molar-refractivity contribution is 0.146. The van der Waals surface area contributed by atoms with Crippen LogP contribution >= 0.6 is 0 Å². The standard InChI is InChI=1S/C18H21F2N7O2S/c1-30(28,29)24-8-12-3-2-5-26(10-12)16-7-15(21-11-22-16)13-9-23-27-6-4-14(17(19)20)25-18(13)27/h4,6-7,9,11-12,17,24H,2-3,5,8,10H2,1H3. The molecule has 3 aromatic heterocycles. The fourth-order valence-corrected chi connectivity index (χ4v) is 4.10. The van der Waals surface area contributed by atoms with Gasteiger partial charge in [-0.3, -0.25) is 0 Å². The second-order valence-corrected chi connectivity index (χ2v) is 9.15. The van der Waals surface area contributed by atoms with E-state index in [0.29, 0.717) is 35.8 Å². The first kappa shape index (κ1) is 20.5. The van der Waals surface area contributed by atoms with Gasteiger partial charge in [0.15, 0.2) is 5.65 Å². The summed E-state index contributed by atoms with van der Waals surface area (Å²) in [6.07, 6.45) is 4.71. The molecule has 12 heteroatoms. The molecule has 0 amide bonds. The number of hydrogen-bond acceptors (Lipinski definition) is 7. The van der Waals surface area contributed by atoms with Crippen LogP contribution in [0, 0.1) is 5.92 Å². The number of rotatable bonds is 6. The predicted octanol–water partition coefficient (Wildman–Crippen LogP) is 1.89. The molecule has 0 aliphatic carbocycles. The lowest BCUT2D eigenvalue weighted by Gasteiger charge is -2.33. The second-order valence-electron chi connectivity index (χ2n) is 7.32. The average Bonchev–Trinajstić information content (AvgIpc) is 3.15. The van der Waals surface area contributed by atoms with E-state index in [0.717, 1.165) is 25.6 Å². The van der Waals surface area contributed by atoms with Crippen molar-refractivity contribution in [3.63, 3.8) is 0 Å². The first-order valence-corrected chi connectivity index (χ1v) is 11.3. The van der Waals surface area contributed by atoms with Crippen molar-refractivity contribution < 1.29 is 17.2 Å². The summed E-state index contributed by atoms with van der Waals surface area (Å²) < 4.78 is 52.8. The number of nitrogens with zero attached hydrogens (tertiary/aromatic N) is 6. The number of nitrogens with one attached hydrogen (secondary N) is 1. The van der Waals surface area contributed by atoms with E-state index < -0.39 is 16.4 Å². The van der Waals surface area contributed by atoms with Crippen molar-refractivity contribution in [3.05, 3.63) is 36.5 Å². The Morgan fingerprint density at radius 1 is 1.33 bits per heavy atom. The van der Waals surface area contributed by atoms with E-state index in [9.17, 15) is 17.2 Å². The number of anilines is 1. The van der Waals surface area contributed by atoms with E-state index in [1.807, 2.05) is 0 Å². The van der Waals surface area contributed by atoms with Gasteiger partial charge in [-0.2, -0.15) is 5.10 Å². The molecular weight excluding hydrogens is 416 g/mol. The van der Waals surface area contributed by atoms with E-state index in [1.165, 1.54) is 23.1 Å². The maximum absolute atomic E-state index is 13.0. The van der Waals surface area contributed by atoms with Crippen LogP contribution in [0.2, 0.25) is 0 Å². The van der Waals surface area contributed by atoms with Crippen molar-refractivity contribution in [1.82, 2.24) is 29.3 Å². The zero-order chi connectivity index (χ0) is 21.3. The minimum atomic E-state index is -3.24. The van der Waals surface area contributed by atoms with Crippen molar-refractivity contribution >= 4 is 21.5 Å². The fraction of sp³-hybridized carbons (Fsp3) is 0.444. The molecule has 0 saturated carbocycles. The lowest BCUT2D eigenvalue weighted by atomic mass is 9.98. The molecule has 1 aliphatic heterocycles. The van der Waals surface area contributed by atoms with Gasteiger partial charge < -0.3 is 4.90 Å². The summed E-state index contributed by atoms with van der Waals surface area (Å²) in [5.41, 5.74) is 1.04. The van der Waals surface area contributed by atoms with Gasteiger partial charge >= 0.3 is 0 Å². The van der Waals surface area contributed by atoms with Crippen molar-refractivity contribution in [1.29, 1.82) is 0 Å². The van der Waals surface area contributed by atoms with Gasteiger partial charge in [-0.05, 0) is 24.8 Å². The molecule has 0 bridgehead atoms. The molecule has 1 atom stereocenters. The van der Waals surface area contributed by atoms with Gasteiger partial charge in [0.25, 0.3) is 6.43 Å². The second kappa shape index (κ2) is 8.19. The van der Waals surface area contributed by atoms with Crippen LogP contribution in [0.3, 0.4) is 0 Å². The Morgan fingerprint density at radius 2 is 2.17 bits per heavy atom. The molecular formula is C18H21F2N7O2S. The maximum atomic E-state index is 13.0. The van der Waals surface area contributed by atoms with E-state index in [-0.39, 0.29) is 11.6 Å². The van der Waals surface area contributed by atoms with E-state index >= 15 is 0 Å². The Morgan fingerprint density at radius 3 is 2.93 bits per heavy atom. The van der Waals surface area contributed by atoms with E-state index in [4.69, 9.17) is 0 Å². The highest BCUT2D eigenvalue weighted by molar-refractivity contribution is 7.88. The number of fused-ring (bicyclic) bond motifs is 1. The molecule has 1 unspecified atom stereocenters. The molecule has 0 aromatic carbocycles. The summed E-state index contributed by atoms with van der Waals surface area (Å²) in [6.45, 7) is 1.82. The molecule has 9 nitrogen and oxygen atoms in total. The van der Waals surface area contributed by atoms with Crippen LogP contribution in [0.1, 0.15) is 25.0 Å². The van der Waals surface area contributed by atoms with Gasteiger partial charge in [-0.25, -0.2) is 41.4 Å². The van der Waals surface area contributed by atoms with Gasteiger partial charge in [-0.1, -0.05) is 0 Å². The molecule has 1 aliphatic rings. The molecule has 1 fully saturated rings. The highest BCUT2D eigenvalue weighted by Gasteiger charge is 2.23. The molecule has 3 aromatic rings. The lowest BCUT2D eigenvalue weighted by Crippen LogP contribution is -2.41. The average molecular weight is 437 g/mol. The van der Waals surface area contributed by atoms with Crippen LogP contribution in [-0.4, -0.2) is 58.9 Å². The Labute approximate surface area is 172 Å². The third-order valence-electron chi connectivity index (χ3n) is 5.02. The van der Waals surface area contributed by atoms with Crippen LogP contribution in [0.15, 0.2) is 30.9 Å². The minimum Gasteiger partial charge on any atom is -0.356 e. The maximum Gasteiger partial charge on any atom is 0.280 e. The van der Waals surface area contributed by atoms with Crippen molar-refractivity contribution in [2.75, 3.05) is 30.8 Å². The number of piperidine rings is 1. The Balaban J connectivity index is 1.59. The Bertz CT molecular complexity index is 1150. The van der Waals surface area contributed by atoms with Crippen LogP contribution in [0.5, 0.6) is 0 Å². The summed E-state index contributed by atoms with van der Waals surface area (Å²) in [6, 6.07) is 3.01. The monoisotopic (exact) mass is 437 g/mol. The predicted molar refractivity (Wildman–Crippen MR) is 107 cm³/mol. The van der Waals surface area contributed by atoms with Gasteiger partial charge in [0.2, 0.25) is 10.0 Å². The number of halogens is 2. The number of hydrogen-bond donors (Lipinski definition) is 1. The van der Waals surface area contributed by atoms with Gasteiger partial charge in [-0.15, -0.1) is 0 Å². The first-order chi connectivity index (χ1) is 14.3. The van der Waals surface area contributed by atoms with Crippen LogP contribution in [0.25, 0.3) is 16.9 Å². The zero-order valence-electron chi connectivity index (χ0n) is 16.2. The molecule has 30 heavy (non-hydrogen) atoms. The Hall–Kier alpha value is -2.73. The minimum absolute atomic E-state index is 0.166. The number of aromatic nitrogens is 5. The zero-order valence-corrected chi connectivity index (χ0v) is 17.1. The summed E-state index contributed by atoms with van der Waals surface area (Å²) in [4.78, 5) is 14.7. The van der Waals surface area contributed by atoms with Gasteiger partial charge in [0.1, 0.15) is 17.8 Å². The molecule has 1 saturated heterocycles. The SMILES string of the molecule is CS(=O)(=O)NCC1CCCN(c2cc(-c3cnn4ccc(C(F)F)nc34)ncn2)C1. The summed E-state index contributed by atoms with van der Waals surface area (Å²) >= 11 is 0. The first-order valence-electron chi connectivity index (χ1n) is 9.44. The van der Waals surface area contributed by atoms with Crippen molar-refractivity contribution in [3.8, 4) is 11.3 Å². The van der Waals surface area contributed by atoms with Crippen LogP contribution in [0.4, 0.5) is 14.6 Å². The normalized spacial score (nSPS) is 17.7. The van der Waals surface area contributed by atoms with Crippen LogP contribution < -0.4 is 9.62 Å². The van der Waals surface area contributed by atoms with Crippen LogP contribution in [-0.2, 0) is 10.0 Å². The molecule has 160 valence electrons. The summed E-state index contributed by atoms with van der Waals surface area (Å²) in [5, 5.41) is 4.17. The Kier molecular flexibility index (Phi) is 5.60. The smallest absolute Gasteiger partial charge is 0.280 e. The van der Waals surface area contributed by atoms with Crippen molar-refractivity contribution in [2.45, 2.75) is 19.3 Å². The summed E-state index contributed by atoms with van der Waals surface area (Å²) in [7, 11) is -3.24. The topological polar surface area (TPSA) is 105 Å². The third-order valence-corrected chi connectivity index (χ3v) is 5.71. The van der Waals surface area contributed by atoms with E-state index in [1.54, 1.807) is 12.3 Å².